The second-order valence-electron chi connectivity index (χ2n) is 7.41. The Hall–Kier alpha value is -0.780. The van der Waals surface area contributed by atoms with Crippen molar-refractivity contribution in [2.45, 2.75) is 96.8 Å². The predicted molar refractivity (Wildman–Crippen MR) is 98.5 cm³/mol. The summed E-state index contributed by atoms with van der Waals surface area (Å²) in [7, 11) is 0. The third kappa shape index (κ3) is 5.78. The fourth-order valence-electron chi connectivity index (χ4n) is 4.08. The van der Waals surface area contributed by atoms with E-state index in [1.807, 2.05) is 0 Å². The molecule has 1 saturated carbocycles. The Balaban J connectivity index is 1.72. The van der Waals surface area contributed by atoms with E-state index in [4.69, 9.17) is 0 Å². The first-order chi connectivity index (χ1) is 10.8. The SMILES string of the molecule is CCCCCCCc1ccc(C2CCC(CCC)CC2)cc1. The van der Waals surface area contributed by atoms with Crippen LogP contribution in [0, 0.1) is 5.92 Å². The Kier molecular flexibility index (Phi) is 8.05. The first-order valence-electron chi connectivity index (χ1n) is 9.92. The van der Waals surface area contributed by atoms with E-state index in [1.165, 1.54) is 77.0 Å². The number of benzene rings is 1. The molecule has 0 spiro atoms. The van der Waals surface area contributed by atoms with Gasteiger partial charge in [-0.3, -0.25) is 0 Å². The number of hydrogen-bond acceptors (Lipinski definition) is 0. The lowest BCUT2D eigenvalue weighted by Gasteiger charge is -2.28. The van der Waals surface area contributed by atoms with Gasteiger partial charge in [-0.05, 0) is 61.5 Å². The third-order valence-electron chi connectivity index (χ3n) is 5.56. The van der Waals surface area contributed by atoms with Crippen LogP contribution in [0.4, 0.5) is 0 Å². The molecule has 0 nitrogen and oxygen atoms in total. The van der Waals surface area contributed by atoms with Crippen LogP contribution in [0.3, 0.4) is 0 Å². The van der Waals surface area contributed by atoms with Gasteiger partial charge in [-0.2, -0.15) is 0 Å². The van der Waals surface area contributed by atoms with E-state index in [0.717, 1.165) is 11.8 Å². The van der Waals surface area contributed by atoms with E-state index < -0.39 is 0 Å². The summed E-state index contributed by atoms with van der Waals surface area (Å²) in [6.45, 7) is 4.61. The van der Waals surface area contributed by atoms with Crippen LogP contribution in [-0.4, -0.2) is 0 Å². The normalized spacial score (nSPS) is 21.9. The summed E-state index contributed by atoms with van der Waals surface area (Å²) in [5.41, 5.74) is 3.14. The third-order valence-corrected chi connectivity index (χ3v) is 5.56. The van der Waals surface area contributed by atoms with Crippen molar-refractivity contribution in [3.8, 4) is 0 Å². The average Bonchev–Trinajstić information content (AvgIpc) is 2.56. The van der Waals surface area contributed by atoms with Gasteiger partial charge >= 0.3 is 0 Å². The molecule has 2 rings (SSSR count). The summed E-state index contributed by atoms with van der Waals surface area (Å²) in [6.07, 6.45) is 16.7. The summed E-state index contributed by atoms with van der Waals surface area (Å²) < 4.78 is 0. The zero-order valence-corrected chi connectivity index (χ0v) is 14.9. The van der Waals surface area contributed by atoms with Crippen LogP contribution >= 0.6 is 0 Å². The summed E-state index contributed by atoms with van der Waals surface area (Å²) in [5.74, 6) is 1.86. The monoisotopic (exact) mass is 300 g/mol. The van der Waals surface area contributed by atoms with E-state index in [9.17, 15) is 0 Å². The van der Waals surface area contributed by atoms with Crippen LogP contribution in [0.1, 0.15) is 102 Å². The van der Waals surface area contributed by atoms with Crippen molar-refractivity contribution in [3.05, 3.63) is 35.4 Å². The molecule has 0 radical (unpaired) electrons. The quantitative estimate of drug-likeness (QED) is 0.420. The molecule has 1 aromatic rings. The van der Waals surface area contributed by atoms with E-state index >= 15 is 0 Å². The number of hydrogen-bond donors (Lipinski definition) is 0. The molecule has 1 aliphatic carbocycles. The molecule has 0 bridgehead atoms. The Labute approximate surface area is 138 Å². The second kappa shape index (κ2) is 10.1. The van der Waals surface area contributed by atoms with Crippen molar-refractivity contribution in [3.63, 3.8) is 0 Å². The fraction of sp³-hybridized carbons (Fsp3) is 0.727. The molecule has 0 aliphatic heterocycles. The summed E-state index contributed by atoms with van der Waals surface area (Å²) in [6, 6.07) is 9.64. The highest BCUT2D eigenvalue weighted by molar-refractivity contribution is 5.25. The molecule has 124 valence electrons. The lowest BCUT2D eigenvalue weighted by atomic mass is 9.77. The topological polar surface area (TPSA) is 0 Å². The Morgan fingerprint density at radius 2 is 1.45 bits per heavy atom. The first-order valence-corrected chi connectivity index (χ1v) is 9.92. The first kappa shape index (κ1) is 17.6. The van der Waals surface area contributed by atoms with Crippen LogP contribution in [0.5, 0.6) is 0 Å². The van der Waals surface area contributed by atoms with Gasteiger partial charge in [0.05, 0.1) is 0 Å². The maximum absolute atomic E-state index is 2.42. The number of unbranched alkanes of at least 4 members (excludes halogenated alkanes) is 4. The number of aryl methyl sites for hydroxylation is 1. The van der Waals surface area contributed by atoms with Gasteiger partial charge in [0, 0.05) is 0 Å². The number of rotatable bonds is 9. The summed E-state index contributed by atoms with van der Waals surface area (Å²) in [5, 5.41) is 0. The molecule has 22 heavy (non-hydrogen) atoms. The summed E-state index contributed by atoms with van der Waals surface area (Å²) >= 11 is 0. The fourth-order valence-corrected chi connectivity index (χ4v) is 4.08. The van der Waals surface area contributed by atoms with E-state index in [-0.39, 0.29) is 0 Å². The molecule has 0 heteroatoms. The molecule has 1 fully saturated rings. The van der Waals surface area contributed by atoms with E-state index in [1.54, 1.807) is 11.1 Å². The molecule has 0 saturated heterocycles. The Bertz CT molecular complexity index is 381. The van der Waals surface area contributed by atoms with Gasteiger partial charge < -0.3 is 0 Å². The zero-order chi connectivity index (χ0) is 15.6. The molecule has 1 aromatic carbocycles. The van der Waals surface area contributed by atoms with E-state index in [2.05, 4.69) is 38.1 Å². The van der Waals surface area contributed by atoms with Gasteiger partial charge in [0.1, 0.15) is 0 Å². The standard InChI is InChI=1S/C22H36/c1-3-5-6-7-8-10-20-13-17-22(18-14-20)21-15-11-19(9-4-2)12-16-21/h13-14,17-19,21H,3-12,15-16H2,1-2H3. The van der Waals surface area contributed by atoms with Crippen molar-refractivity contribution in [1.82, 2.24) is 0 Å². The van der Waals surface area contributed by atoms with E-state index in [0.29, 0.717) is 0 Å². The molecular weight excluding hydrogens is 264 g/mol. The molecular formula is C22H36. The largest absolute Gasteiger partial charge is 0.0654 e. The minimum absolute atomic E-state index is 0.840. The molecule has 0 unspecified atom stereocenters. The minimum Gasteiger partial charge on any atom is -0.0654 e. The van der Waals surface area contributed by atoms with Crippen LogP contribution in [0.2, 0.25) is 0 Å². The van der Waals surface area contributed by atoms with Crippen LogP contribution < -0.4 is 0 Å². The van der Waals surface area contributed by atoms with Gasteiger partial charge in [0.2, 0.25) is 0 Å². The second-order valence-corrected chi connectivity index (χ2v) is 7.41. The lowest BCUT2D eigenvalue weighted by Crippen LogP contribution is -2.13. The highest BCUT2D eigenvalue weighted by atomic mass is 14.3. The van der Waals surface area contributed by atoms with Crippen molar-refractivity contribution < 1.29 is 0 Å². The molecule has 1 aliphatic rings. The Morgan fingerprint density at radius 3 is 2.09 bits per heavy atom. The van der Waals surface area contributed by atoms with Gasteiger partial charge in [-0.15, -0.1) is 0 Å². The molecule has 0 amide bonds. The van der Waals surface area contributed by atoms with Crippen LogP contribution in [-0.2, 0) is 6.42 Å². The van der Waals surface area contributed by atoms with Gasteiger partial charge in [-0.25, -0.2) is 0 Å². The van der Waals surface area contributed by atoms with Crippen molar-refractivity contribution in [1.29, 1.82) is 0 Å². The molecule has 0 aromatic heterocycles. The van der Waals surface area contributed by atoms with Gasteiger partial charge in [0.25, 0.3) is 0 Å². The maximum Gasteiger partial charge on any atom is -0.0162 e. The molecule has 0 N–H and O–H groups in total. The highest BCUT2D eigenvalue weighted by Gasteiger charge is 2.21. The van der Waals surface area contributed by atoms with Crippen molar-refractivity contribution in [2.24, 2.45) is 5.92 Å². The van der Waals surface area contributed by atoms with Crippen LogP contribution in [0.25, 0.3) is 0 Å². The molecule has 0 heterocycles. The van der Waals surface area contributed by atoms with Crippen molar-refractivity contribution in [2.75, 3.05) is 0 Å². The maximum atomic E-state index is 2.42. The average molecular weight is 301 g/mol. The van der Waals surface area contributed by atoms with Gasteiger partial charge in [0.15, 0.2) is 0 Å². The lowest BCUT2D eigenvalue weighted by molar-refractivity contribution is 0.308. The van der Waals surface area contributed by atoms with Crippen LogP contribution in [0.15, 0.2) is 24.3 Å². The van der Waals surface area contributed by atoms with Crippen molar-refractivity contribution >= 4 is 0 Å². The smallest absolute Gasteiger partial charge is 0.0162 e. The van der Waals surface area contributed by atoms with Gasteiger partial charge in [-0.1, -0.05) is 76.6 Å². The Morgan fingerprint density at radius 1 is 0.773 bits per heavy atom. The minimum atomic E-state index is 0.840. The molecule has 0 atom stereocenters. The highest BCUT2D eigenvalue weighted by Crippen LogP contribution is 2.37. The summed E-state index contributed by atoms with van der Waals surface area (Å²) in [4.78, 5) is 0. The predicted octanol–water partition coefficient (Wildman–Crippen LogP) is 7.27. The zero-order valence-electron chi connectivity index (χ0n) is 14.9.